The molecule has 0 amide bonds. The summed E-state index contributed by atoms with van der Waals surface area (Å²) in [5.74, 6) is -0.0678. The van der Waals surface area contributed by atoms with Crippen LogP contribution in [0.1, 0.15) is 24.2 Å². The molecule has 1 aromatic heterocycles. The number of aryl methyl sites for hydroxylation is 1. The van der Waals surface area contributed by atoms with E-state index in [9.17, 15) is 18.3 Å². The number of hydrogen-bond acceptors (Lipinski definition) is 3. The zero-order valence-corrected chi connectivity index (χ0v) is 8.88. The Labute approximate surface area is 90.9 Å². The Hall–Kier alpha value is -1.30. The summed E-state index contributed by atoms with van der Waals surface area (Å²) in [6.45, 7) is 1.76. The van der Waals surface area contributed by atoms with Crippen LogP contribution < -0.4 is 4.74 Å². The van der Waals surface area contributed by atoms with Crippen LogP contribution in [-0.2, 0) is 0 Å². The summed E-state index contributed by atoms with van der Waals surface area (Å²) in [6.07, 6.45) is -3.79. The molecule has 0 aliphatic carbocycles. The van der Waals surface area contributed by atoms with Gasteiger partial charge in [0.2, 0.25) is 5.88 Å². The molecular formula is C10H12F3NO2. The van der Waals surface area contributed by atoms with E-state index in [0.717, 1.165) is 0 Å². The van der Waals surface area contributed by atoms with Gasteiger partial charge in [0.15, 0.2) is 6.61 Å². The van der Waals surface area contributed by atoms with Gasteiger partial charge in [0.05, 0.1) is 6.10 Å². The molecule has 1 unspecified atom stereocenters. The Bertz CT molecular complexity index is 364. The van der Waals surface area contributed by atoms with E-state index in [1.807, 2.05) is 0 Å². The summed E-state index contributed by atoms with van der Waals surface area (Å²) in [6, 6.07) is 1.55. The van der Waals surface area contributed by atoms with E-state index < -0.39 is 18.9 Å². The third kappa shape index (κ3) is 3.69. The Morgan fingerprint density at radius 1 is 1.50 bits per heavy atom. The maximum absolute atomic E-state index is 11.9. The van der Waals surface area contributed by atoms with Gasteiger partial charge in [-0.25, -0.2) is 4.98 Å². The lowest BCUT2D eigenvalue weighted by atomic mass is 10.1. The van der Waals surface area contributed by atoms with Crippen molar-refractivity contribution in [1.82, 2.24) is 4.98 Å². The number of aliphatic hydroxyl groups excluding tert-OH is 1. The molecule has 1 rings (SSSR count). The van der Waals surface area contributed by atoms with E-state index in [1.54, 1.807) is 19.9 Å². The number of nitrogens with zero attached hydrogens (tertiary/aromatic N) is 1. The highest BCUT2D eigenvalue weighted by Gasteiger charge is 2.28. The number of pyridine rings is 1. The van der Waals surface area contributed by atoms with Crippen molar-refractivity contribution in [3.63, 3.8) is 0 Å². The summed E-state index contributed by atoms with van der Waals surface area (Å²) in [5.41, 5.74) is 1.000. The molecule has 0 bridgehead atoms. The molecule has 1 atom stereocenters. The lowest BCUT2D eigenvalue weighted by Crippen LogP contribution is -2.20. The highest BCUT2D eigenvalue weighted by molar-refractivity contribution is 5.29. The molecule has 1 heterocycles. The van der Waals surface area contributed by atoms with E-state index >= 15 is 0 Å². The minimum Gasteiger partial charge on any atom is -0.468 e. The summed E-state index contributed by atoms with van der Waals surface area (Å²) in [5, 5.41) is 9.24. The van der Waals surface area contributed by atoms with Gasteiger partial charge in [0, 0.05) is 11.8 Å². The van der Waals surface area contributed by atoms with Gasteiger partial charge in [0.25, 0.3) is 0 Å². The predicted molar refractivity (Wildman–Crippen MR) is 51.2 cm³/mol. The second-order valence-corrected chi connectivity index (χ2v) is 3.47. The van der Waals surface area contributed by atoms with Crippen molar-refractivity contribution in [3.8, 4) is 5.88 Å². The number of aliphatic hydroxyl groups is 1. The van der Waals surface area contributed by atoms with Crippen molar-refractivity contribution >= 4 is 0 Å². The van der Waals surface area contributed by atoms with Crippen molar-refractivity contribution < 1.29 is 23.0 Å². The van der Waals surface area contributed by atoms with Crippen LogP contribution in [0.2, 0.25) is 0 Å². The molecule has 0 aromatic carbocycles. The largest absolute Gasteiger partial charge is 0.468 e. The second-order valence-electron chi connectivity index (χ2n) is 3.47. The zero-order chi connectivity index (χ0) is 12.3. The third-order valence-corrected chi connectivity index (χ3v) is 1.91. The fraction of sp³-hybridized carbons (Fsp3) is 0.500. The zero-order valence-electron chi connectivity index (χ0n) is 8.88. The first-order valence-electron chi connectivity index (χ1n) is 4.64. The molecule has 90 valence electrons. The fourth-order valence-electron chi connectivity index (χ4n) is 1.11. The standard InChI is InChI=1S/C10H12F3NO2/c1-6-3-8(7(2)15)4-14-9(6)16-5-10(11,12)13/h3-4,7,15H,5H2,1-2H3. The Balaban J connectivity index is 2.76. The van der Waals surface area contributed by atoms with E-state index in [4.69, 9.17) is 0 Å². The number of halogens is 3. The molecule has 0 radical (unpaired) electrons. The van der Waals surface area contributed by atoms with Crippen LogP contribution in [0.15, 0.2) is 12.3 Å². The molecule has 0 aliphatic heterocycles. The molecule has 1 aromatic rings. The SMILES string of the molecule is Cc1cc(C(C)O)cnc1OCC(F)(F)F. The Kier molecular flexibility index (Phi) is 3.74. The highest BCUT2D eigenvalue weighted by Crippen LogP contribution is 2.22. The molecule has 0 spiro atoms. The van der Waals surface area contributed by atoms with Crippen LogP contribution in [0, 0.1) is 6.92 Å². The molecule has 0 saturated heterocycles. The number of alkyl halides is 3. The first-order valence-corrected chi connectivity index (χ1v) is 4.64. The third-order valence-electron chi connectivity index (χ3n) is 1.91. The van der Waals surface area contributed by atoms with Gasteiger partial charge >= 0.3 is 6.18 Å². The molecule has 0 aliphatic rings. The van der Waals surface area contributed by atoms with Crippen molar-refractivity contribution in [2.75, 3.05) is 6.61 Å². The second kappa shape index (κ2) is 4.69. The van der Waals surface area contributed by atoms with E-state index in [2.05, 4.69) is 9.72 Å². The normalized spacial score (nSPS) is 13.6. The minimum atomic E-state index is -4.38. The van der Waals surface area contributed by atoms with Crippen LogP contribution in [0.3, 0.4) is 0 Å². The summed E-state index contributed by atoms with van der Waals surface area (Å²) < 4.78 is 40.2. The van der Waals surface area contributed by atoms with Gasteiger partial charge in [-0.15, -0.1) is 0 Å². The average Bonchev–Trinajstić information content (AvgIpc) is 2.14. The van der Waals surface area contributed by atoms with Crippen LogP contribution in [0.5, 0.6) is 5.88 Å². The van der Waals surface area contributed by atoms with E-state index in [1.165, 1.54) is 6.20 Å². The van der Waals surface area contributed by atoms with Gasteiger partial charge in [-0.2, -0.15) is 13.2 Å². The quantitative estimate of drug-likeness (QED) is 0.874. The number of rotatable bonds is 3. The number of ether oxygens (including phenoxy) is 1. The molecular weight excluding hydrogens is 223 g/mol. The maximum Gasteiger partial charge on any atom is 0.422 e. The Morgan fingerprint density at radius 3 is 2.56 bits per heavy atom. The molecule has 0 saturated carbocycles. The van der Waals surface area contributed by atoms with Crippen molar-refractivity contribution in [1.29, 1.82) is 0 Å². The first-order chi connectivity index (χ1) is 7.29. The van der Waals surface area contributed by atoms with Crippen LogP contribution in [0.4, 0.5) is 13.2 Å². The van der Waals surface area contributed by atoms with Gasteiger partial charge in [-0.1, -0.05) is 0 Å². The highest BCUT2D eigenvalue weighted by atomic mass is 19.4. The van der Waals surface area contributed by atoms with E-state index in [-0.39, 0.29) is 5.88 Å². The molecule has 3 nitrogen and oxygen atoms in total. The summed E-state index contributed by atoms with van der Waals surface area (Å²) >= 11 is 0. The number of hydrogen-bond donors (Lipinski definition) is 1. The predicted octanol–water partition coefficient (Wildman–Crippen LogP) is 2.38. The first kappa shape index (κ1) is 12.8. The van der Waals surface area contributed by atoms with Crippen molar-refractivity contribution in [2.24, 2.45) is 0 Å². The van der Waals surface area contributed by atoms with Crippen LogP contribution >= 0.6 is 0 Å². The molecule has 16 heavy (non-hydrogen) atoms. The topological polar surface area (TPSA) is 42.4 Å². The smallest absolute Gasteiger partial charge is 0.422 e. The maximum atomic E-state index is 11.9. The van der Waals surface area contributed by atoms with Crippen molar-refractivity contribution in [3.05, 3.63) is 23.4 Å². The lowest BCUT2D eigenvalue weighted by Gasteiger charge is -2.12. The fourth-order valence-corrected chi connectivity index (χ4v) is 1.11. The van der Waals surface area contributed by atoms with Crippen LogP contribution in [-0.4, -0.2) is 22.9 Å². The number of aromatic nitrogens is 1. The van der Waals surface area contributed by atoms with Gasteiger partial charge < -0.3 is 9.84 Å². The summed E-state index contributed by atoms with van der Waals surface area (Å²) in [4.78, 5) is 3.72. The van der Waals surface area contributed by atoms with E-state index in [0.29, 0.717) is 11.1 Å². The lowest BCUT2D eigenvalue weighted by molar-refractivity contribution is -0.154. The van der Waals surface area contributed by atoms with Crippen molar-refractivity contribution in [2.45, 2.75) is 26.1 Å². The molecule has 0 fully saturated rings. The van der Waals surface area contributed by atoms with Gasteiger partial charge in [-0.05, 0) is 25.5 Å². The van der Waals surface area contributed by atoms with Gasteiger partial charge in [0.1, 0.15) is 0 Å². The monoisotopic (exact) mass is 235 g/mol. The molecule has 6 heteroatoms. The Morgan fingerprint density at radius 2 is 2.12 bits per heavy atom. The van der Waals surface area contributed by atoms with Crippen LogP contribution in [0.25, 0.3) is 0 Å². The summed E-state index contributed by atoms with van der Waals surface area (Å²) in [7, 11) is 0. The minimum absolute atomic E-state index is 0.0678. The molecule has 1 N–H and O–H groups in total. The van der Waals surface area contributed by atoms with Gasteiger partial charge in [-0.3, -0.25) is 0 Å². The average molecular weight is 235 g/mol.